The van der Waals surface area contributed by atoms with Crippen LogP contribution in [0.1, 0.15) is 18.1 Å². The van der Waals surface area contributed by atoms with Crippen LogP contribution in [0.2, 0.25) is 0 Å². The quantitative estimate of drug-likeness (QED) is 0.529. The molecule has 1 aromatic carbocycles. The van der Waals surface area contributed by atoms with Crippen molar-refractivity contribution in [2.45, 2.75) is 13.5 Å². The molecule has 1 aliphatic rings. The first-order valence-electron chi connectivity index (χ1n) is 4.37. The summed E-state index contributed by atoms with van der Waals surface area (Å²) in [5.74, 6) is 0.794. The summed E-state index contributed by atoms with van der Waals surface area (Å²) in [6.07, 6.45) is 3.32. The van der Waals surface area contributed by atoms with Crippen LogP contribution < -0.4 is 4.89 Å². The van der Waals surface area contributed by atoms with E-state index in [0.29, 0.717) is 6.61 Å². The molecule has 3 heteroatoms. The predicted molar refractivity (Wildman–Crippen MR) is 51.6 cm³/mol. The third-order valence-electron chi connectivity index (χ3n) is 1.96. The lowest BCUT2D eigenvalue weighted by molar-refractivity contribution is -0.194. The van der Waals surface area contributed by atoms with E-state index < -0.39 is 0 Å². The summed E-state index contributed by atoms with van der Waals surface area (Å²) in [4.78, 5) is 20.4. The molecule has 0 aliphatic carbocycles. The zero-order chi connectivity index (χ0) is 9.97. The Morgan fingerprint density at radius 1 is 1.50 bits per heavy atom. The van der Waals surface area contributed by atoms with Crippen LogP contribution in [0.25, 0.3) is 6.08 Å². The summed E-state index contributed by atoms with van der Waals surface area (Å²) < 4.78 is 0. The first kappa shape index (κ1) is 8.97. The zero-order valence-electron chi connectivity index (χ0n) is 7.82. The lowest BCUT2D eigenvalue weighted by Gasteiger charge is -1.96. The summed E-state index contributed by atoms with van der Waals surface area (Å²) >= 11 is 0. The fourth-order valence-electron chi connectivity index (χ4n) is 1.27. The third-order valence-corrected chi connectivity index (χ3v) is 1.96. The standard InChI is InChI=1S/C11H10O3/c1-8(12)2-3-9-4-5-11-10(6-9)7-13-14-11/h2-6H,7H2,1H3. The monoisotopic (exact) mass is 190 g/mol. The number of carbonyl (C=O) groups is 1. The first-order valence-corrected chi connectivity index (χ1v) is 4.37. The number of hydrogen-bond donors (Lipinski definition) is 0. The van der Waals surface area contributed by atoms with Crippen LogP contribution in [0.15, 0.2) is 24.3 Å². The maximum absolute atomic E-state index is 10.7. The number of fused-ring (bicyclic) bond motifs is 1. The summed E-state index contributed by atoms with van der Waals surface area (Å²) in [5.41, 5.74) is 1.99. The Morgan fingerprint density at radius 3 is 3.14 bits per heavy atom. The molecule has 0 saturated heterocycles. The molecule has 0 spiro atoms. The molecule has 1 aliphatic heterocycles. The molecule has 0 saturated carbocycles. The van der Waals surface area contributed by atoms with Crippen LogP contribution in [0, 0.1) is 0 Å². The van der Waals surface area contributed by atoms with Gasteiger partial charge in [-0.1, -0.05) is 12.1 Å². The summed E-state index contributed by atoms with van der Waals surface area (Å²) in [6.45, 7) is 1.99. The van der Waals surface area contributed by atoms with Gasteiger partial charge < -0.3 is 4.89 Å². The number of benzene rings is 1. The van der Waals surface area contributed by atoms with E-state index in [2.05, 4.69) is 0 Å². The molecule has 14 heavy (non-hydrogen) atoms. The van der Waals surface area contributed by atoms with Gasteiger partial charge in [-0.15, -0.1) is 0 Å². The fraction of sp³-hybridized carbons (Fsp3) is 0.182. The average Bonchev–Trinajstić information content (AvgIpc) is 2.61. The molecule has 72 valence electrons. The van der Waals surface area contributed by atoms with Gasteiger partial charge in [-0.2, -0.15) is 4.89 Å². The van der Waals surface area contributed by atoms with Gasteiger partial charge in [0.25, 0.3) is 0 Å². The van der Waals surface area contributed by atoms with Crippen LogP contribution in [0.5, 0.6) is 5.75 Å². The van der Waals surface area contributed by atoms with Gasteiger partial charge in [0.1, 0.15) is 6.61 Å². The van der Waals surface area contributed by atoms with E-state index in [1.807, 2.05) is 18.2 Å². The van der Waals surface area contributed by atoms with E-state index in [-0.39, 0.29) is 5.78 Å². The molecule has 0 unspecified atom stereocenters. The highest BCUT2D eigenvalue weighted by molar-refractivity contribution is 5.91. The van der Waals surface area contributed by atoms with Crippen LogP contribution in [0.3, 0.4) is 0 Å². The van der Waals surface area contributed by atoms with Crippen LogP contribution in [0.4, 0.5) is 0 Å². The molecule has 1 aromatic rings. The Labute approximate surface area is 81.9 Å². The van der Waals surface area contributed by atoms with Gasteiger partial charge >= 0.3 is 0 Å². The van der Waals surface area contributed by atoms with E-state index in [1.54, 1.807) is 12.2 Å². The Kier molecular flexibility index (Phi) is 2.33. The van der Waals surface area contributed by atoms with E-state index in [9.17, 15) is 4.79 Å². The van der Waals surface area contributed by atoms with Crippen molar-refractivity contribution in [2.75, 3.05) is 0 Å². The van der Waals surface area contributed by atoms with Crippen molar-refractivity contribution in [2.24, 2.45) is 0 Å². The smallest absolute Gasteiger partial charge is 0.171 e. The maximum Gasteiger partial charge on any atom is 0.171 e. The lowest BCUT2D eigenvalue weighted by Crippen LogP contribution is -1.82. The van der Waals surface area contributed by atoms with Gasteiger partial charge in [-0.25, -0.2) is 0 Å². The molecule has 0 bridgehead atoms. The molecule has 0 amide bonds. The van der Waals surface area contributed by atoms with Crippen molar-refractivity contribution in [3.63, 3.8) is 0 Å². The Morgan fingerprint density at radius 2 is 2.36 bits per heavy atom. The molecular formula is C11H10O3. The minimum Gasteiger partial charge on any atom is -0.337 e. The van der Waals surface area contributed by atoms with Gasteiger partial charge in [0, 0.05) is 5.56 Å². The Balaban J connectivity index is 2.25. The summed E-state index contributed by atoms with van der Waals surface area (Å²) in [6, 6.07) is 5.66. The van der Waals surface area contributed by atoms with Crippen molar-refractivity contribution in [1.82, 2.24) is 0 Å². The van der Waals surface area contributed by atoms with E-state index in [4.69, 9.17) is 9.78 Å². The van der Waals surface area contributed by atoms with E-state index in [1.165, 1.54) is 6.92 Å². The van der Waals surface area contributed by atoms with Crippen LogP contribution in [-0.2, 0) is 16.3 Å². The fourth-order valence-corrected chi connectivity index (χ4v) is 1.27. The number of ketones is 1. The van der Waals surface area contributed by atoms with E-state index in [0.717, 1.165) is 16.9 Å². The average molecular weight is 190 g/mol. The number of allylic oxidation sites excluding steroid dienone is 1. The topological polar surface area (TPSA) is 35.5 Å². The maximum atomic E-state index is 10.7. The van der Waals surface area contributed by atoms with Crippen molar-refractivity contribution >= 4 is 11.9 Å². The molecule has 0 radical (unpaired) electrons. The molecule has 0 aromatic heterocycles. The molecular weight excluding hydrogens is 180 g/mol. The molecule has 3 nitrogen and oxygen atoms in total. The molecule has 2 rings (SSSR count). The van der Waals surface area contributed by atoms with Gasteiger partial charge in [0.05, 0.1) is 0 Å². The zero-order valence-corrected chi connectivity index (χ0v) is 7.82. The molecule has 1 heterocycles. The second-order valence-electron chi connectivity index (χ2n) is 3.16. The second-order valence-corrected chi connectivity index (χ2v) is 3.16. The molecule has 0 N–H and O–H groups in total. The van der Waals surface area contributed by atoms with Crippen LogP contribution in [-0.4, -0.2) is 5.78 Å². The minimum absolute atomic E-state index is 0.0398. The highest BCUT2D eigenvalue weighted by Gasteiger charge is 2.12. The normalized spacial score (nSPS) is 14.1. The first-order chi connectivity index (χ1) is 6.75. The Hall–Kier alpha value is -1.61. The summed E-state index contributed by atoms with van der Waals surface area (Å²) in [7, 11) is 0. The van der Waals surface area contributed by atoms with Crippen molar-refractivity contribution in [1.29, 1.82) is 0 Å². The highest BCUT2D eigenvalue weighted by atomic mass is 17.2. The number of rotatable bonds is 2. The molecule has 0 atom stereocenters. The molecule has 0 fully saturated rings. The van der Waals surface area contributed by atoms with Gasteiger partial charge in [0.15, 0.2) is 11.5 Å². The van der Waals surface area contributed by atoms with Crippen molar-refractivity contribution < 1.29 is 14.6 Å². The highest BCUT2D eigenvalue weighted by Crippen LogP contribution is 2.26. The predicted octanol–water partition coefficient (Wildman–Crippen LogP) is 2.11. The second kappa shape index (κ2) is 3.64. The van der Waals surface area contributed by atoms with Crippen molar-refractivity contribution in [3.8, 4) is 5.75 Å². The van der Waals surface area contributed by atoms with Crippen LogP contribution >= 0.6 is 0 Å². The lowest BCUT2D eigenvalue weighted by atomic mass is 10.1. The van der Waals surface area contributed by atoms with Gasteiger partial charge in [-0.05, 0) is 30.7 Å². The largest absolute Gasteiger partial charge is 0.337 e. The number of carbonyl (C=O) groups excluding carboxylic acids is 1. The van der Waals surface area contributed by atoms with Gasteiger partial charge in [-0.3, -0.25) is 4.79 Å². The summed E-state index contributed by atoms with van der Waals surface area (Å²) in [5, 5.41) is 0. The Bertz CT molecular complexity index is 394. The SMILES string of the molecule is CC(=O)C=Cc1ccc2c(c1)COO2. The third kappa shape index (κ3) is 1.83. The van der Waals surface area contributed by atoms with E-state index >= 15 is 0 Å². The van der Waals surface area contributed by atoms with Crippen molar-refractivity contribution in [3.05, 3.63) is 35.4 Å². The number of hydrogen-bond acceptors (Lipinski definition) is 3. The minimum atomic E-state index is 0.0398. The van der Waals surface area contributed by atoms with Gasteiger partial charge in [0.2, 0.25) is 0 Å².